The summed E-state index contributed by atoms with van der Waals surface area (Å²) in [5, 5.41) is 0. The largest absolute Gasteiger partial charge is 0.327 e. The van der Waals surface area contributed by atoms with Gasteiger partial charge in [0.25, 0.3) is 0 Å². The number of hydrogen-bond donors (Lipinski definition) is 4. The first kappa shape index (κ1) is 13.1. The van der Waals surface area contributed by atoms with Crippen LogP contribution in [0.1, 0.15) is 20.3 Å². The average molecular weight is 210 g/mol. The zero-order valence-electron chi connectivity index (χ0n) is 8.05. The van der Waals surface area contributed by atoms with Gasteiger partial charge in [0, 0.05) is 12.1 Å². The second-order valence-electron chi connectivity index (χ2n) is 3.80. The minimum Gasteiger partial charge on any atom is -0.326 e. The van der Waals surface area contributed by atoms with Gasteiger partial charge in [-0.15, -0.1) is 0 Å². The first-order valence-electron chi connectivity index (χ1n) is 4.28. The molecule has 6 heteroatoms. The van der Waals surface area contributed by atoms with E-state index in [1.165, 1.54) is 0 Å². The summed E-state index contributed by atoms with van der Waals surface area (Å²) in [4.78, 5) is 17.3. The van der Waals surface area contributed by atoms with Gasteiger partial charge in [-0.1, -0.05) is 13.8 Å². The average Bonchev–Trinajstić information content (AvgIpc) is 1.81. The van der Waals surface area contributed by atoms with Gasteiger partial charge in [0.15, 0.2) is 0 Å². The Labute approximate surface area is 78.7 Å². The van der Waals surface area contributed by atoms with Crippen LogP contribution in [0, 0.1) is 5.92 Å². The van der Waals surface area contributed by atoms with Crippen LogP contribution in [0.2, 0.25) is 0 Å². The van der Waals surface area contributed by atoms with Crippen LogP contribution in [0.4, 0.5) is 0 Å². The van der Waals surface area contributed by atoms with Crippen molar-refractivity contribution in [3.63, 3.8) is 0 Å². The Morgan fingerprint density at radius 3 is 2.00 bits per heavy atom. The molecule has 0 aromatic rings. The topological polar surface area (TPSA) is 110 Å². The fraction of sp³-hybridized carbons (Fsp3) is 1.00. The summed E-state index contributed by atoms with van der Waals surface area (Å²) < 4.78 is 10.6. The van der Waals surface area contributed by atoms with Gasteiger partial charge in [0.05, 0.1) is 6.16 Å². The van der Waals surface area contributed by atoms with E-state index in [-0.39, 0.29) is 12.2 Å². The molecule has 0 spiro atoms. The van der Waals surface area contributed by atoms with Gasteiger partial charge in [-0.3, -0.25) is 4.57 Å². The standard InChI is InChI=1S/C7H19N2O3P/c1-5(2)3-6(8)7(9)4-13(10,11)12/h5-7H,3-4,8-9H2,1-2H3,(H2,10,11,12)/t6-,7-/m0/s1. The Bertz CT molecular complexity index is 192. The van der Waals surface area contributed by atoms with Crippen molar-refractivity contribution in [1.82, 2.24) is 0 Å². The van der Waals surface area contributed by atoms with Crippen LogP contribution in [0.5, 0.6) is 0 Å². The summed E-state index contributed by atoms with van der Waals surface area (Å²) in [6.45, 7) is 3.98. The molecule has 2 atom stereocenters. The van der Waals surface area contributed by atoms with Gasteiger partial charge in [0.2, 0.25) is 0 Å². The maximum Gasteiger partial charge on any atom is 0.327 e. The molecule has 0 bridgehead atoms. The van der Waals surface area contributed by atoms with Crippen molar-refractivity contribution in [2.24, 2.45) is 17.4 Å². The molecule has 0 amide bonds. The summed E-state index contributed by atoms with van der Waals surface area (Å²) in [7, 11) is -4.02. The molecule has 0 rings (SSSR count). The van der Waals surface area contributed by atoms with E-state index in [4.69, 9.17) is 21.3 Å². The fourth-order valence-electron chi connectivity index (χ4n) is 1.13. The van der Waals surface area contributed by atoms with Crippen LogP contribution >= 0.6 is 7.60 Å². The fourth-order valence-corrected chi connectivity index (χ4v) is 1.95. The summed E-state index contributed by atoms with van der Waals surface area (Å²) in [5.41, 5.74) is 11.2. The molecule has 80 valence electrons. The Kier molecular flexibility index (Phi) is 5.10. The number of hydrogen-bond acceptors (Lipinski definition) is 3. The van der Waals surface area contributed by atoms with Crippen LogP contribution in [-0.4, -0.2) is 28.0 Å². The molecular weight excluding hydrogens is 191 g/mol. The molecule has 0 aliphatic carbocycles. The van der Waals surface area contributed by atoms with E-state index in [1.807, 2.05) is 13.8 Å². The van der Waals surface area contributed by atoms with E-state index < -0.39 is 13.6 Å². The molecule has 0 unspecified atom stereocenters. The van der Waals surface area contributed by atoms with Crippen LogP contribution in [-0.2, 0) is 4.57 Å². The number of nitrogens with two attached hydrogens (primary N) is 2. The predicted molar refractivity (Wildman–Crippen MR) is 52.3 cm³/mol. The number of rotatable bonds is 5. The molecule has 0 saturated heterocycles. The maximum atomic E-state index is 10.6. The van der Waals surface area contributed by atoms with Gasteiger partial charge >= 0.3 is 7.60 Å². The minimum atomic E-state index is -4.02. The smallest absolute Gasteiger partial charge is 0.326 e. The molecule has 0 aliphatic rings. The molecule has 0 aliphatic heterocycles. The molecule has 0 radical (unpaired) electrons. The van der Waals surface area contributed by atoms with Crippen molar-refractivity contribution in [2.75, 3.05) is 6.16 Å². The van der Waals surface area contributed by atoms with Crippen molar-refractivity contribution in [3.8, 4) is 0 Å². The van der Waals surface area contributed by atoms with E-state index in [1.54, 1.807) is 0 Å². The van der Waals surface area contributed by atoms with Gasteiger partial charge in [-0.05, 0) is 12.3 Å². The molecular formula is C7H19N2O3P. The third-order valence-electron chi connectivity index (χ3n) is 1.74. The van der Waals surface area contributed by atoms with E-state index in [2.05, 4.69) is 0 Å². The van der Waals surface area contributed by atoms with Crippen molar-refractivity contribution < 1.29 is 14.4 Å². The Morgan fingerprint density at radius 1 is 1.23 bits per heavy atom. The lowest BCUT2D eigenvalue weighted by Crippen LogP contribution is -2.44. The SMILES string of the molecule is CC(C)C[C@H](N)[C@@H](N)CP(=O)(O)O. The van der Waals surface area contributed by atoms with Crippen molar-refractivity contribution in [3.05, 3.63) is 0 Å². The Morgan fingerprint density at radius 2 is 1.69 bits per heavy atom. The van der Waals surface area contributed by atoms with Gasteiger partial charge in [-0.2, -0.15) is 0 Å². The summed E-state index contributed by atoms with van der Waals surface area (Å²) in [6, 6.07) is -0.962. The van der Waals surface area contributed by atoms with Crippen molar-refractivity contribution >= 4 is 7.60 Å². The Hall–Kier alpha value is 0.0700. The van der Waals surface area contributed by atoms with E-state index in [9.17, 15) is 4.57 Å². The van der Waals surface area contributed by atoms with Crippen LogP contribution in [0.15, 0.2) is 0 Å². The summed E-state index contributed by atoms with van der Waals surface area (Å²) in [5.74, 6) is 0.387. The highest BCUT2D eigenvalue weighted by atomic mass is 31.2. The highest BCUT2D eigenvalue weighted by Gasteiger charge is 2.23. The lowest BCUT2D eigenvalue weighted by atomic mass is 10.00. The first-order chi connectivity index (χ1) is 5.72. The predicted octanol–water partition coefficient (Wildman–Crippen LogP) is -0.135. The van der Waals surface area contributed by atoms with Crippen molar-refractivity contribution in [2.45, 2.75) is 32.4 Å². The summed E-state index contributed by atoms with van der Waals surface area (Å²) >= 11 is 0. The van der Waals surface area contributed by atoms with Gasteiger partial charge in [0.1, 0.15) is 0 Å². The van der Waals surface area contributed by atoms with E-state index >= 15 is 0 Å². The molecule has 0 heterocycles. The summed E-state index contributed by atoms with van der Waals surface area (Å²) in [6.07, 6.45) is 0.349. The van der Waals surface area contributed by atoms with Crippen LogP contribution in [0.3, 0.4) is 0 Å². The van der Waals surface area contributed by atoms with Crippen molar-refractivity contribution in [1.29, 1.82) is 0 Å². The second-order valence-corrected chi connectivity index (χ2v) is 5.50. The monoisotopic (exact) mass is 210 g/mol. The molecule has 0 fully saturated rings. The molecule has 0 saturated carbocycles. The second kappa shape index (κ2) is 5.08. The first-order valence-corrected chi connectivity index (χ1v) is 6.08. The zero-order chi connectivity index (χ0) is 10.6. The van der Waals surface area contributed by atoms with Gasteiger partial charge in [-0.25, -0.2) is 0 Å². The maximum absolute atomic E-state index is 10.6. The third-order valence-corrected chi connectivity index (χ3v) is 2.64. The third kappa shape index (κ3) is 7.16. The molecule has 0 aromatic carbocycles. The lowest BCUT2D eigenvalue weighted by Gasteiger charge is -2.21. The van der Waals surface area contributed by atoms with Crippen LogP contribution < -0.4 is 11.5 Å². The minimum absolute atomic E-state index is 0.332. The Balaban J connectivity index is 3.96. The molecule has 5 nitrogen and oxygen atoms in total. The van der Waals surface area contributed by atoms with Crippen LogP contribution in [0.25, 0.3) is 0 Å². The zero-order valence-corrected chi connectivity index (χ0v) is 8.95. The van der Waals surface area contributed by atoms with Gasteiger partial charge < -0.3 is 21.3 Å². The quantitative estimate of drug-likeness (QED) is 0.472. The highest BCUT2D eigenvalue weighted by molar-refractivity contribution is 7.51. The van der Waals surface area contributed by atoms with E-state index in [0.29, 0.717) is 12.3 Å². The highest BCUT2D eigenvalue weighted by Crippen LogP contribution is 2.35. The molecule has 13 heavy (non-hydrogen) atoms. The lowest BCUT2D eigenvalue weighted by molar-refractivity contribution is 0.358. The van der Waals surface area contributed by atoms with E-state index in [0.717, 1.165) is 0 Å². The molecule has 6 N–H and O–H groups in total. The molecule has 0 aromatic heterocycles. The normalized spacial score (nSPS) is 17.5.